The van der Waals surface area contributed by atoms with Crippen LogP contribution in [0, 0.1) is 11.8 Å². The molecule has 29 heavy (non-hydrogen) atoms. The molecule has 0 aliphatic carbocycles. The average molecular weight is 373 g/mol. The van der Waals surface area contributed by atoms with Gasteiger partial charge < -0.3 is 4.90 Å². The predicted molar refractivity (Wildman–Crippen MR) is 119 cm³/mol. The van der Waals surface area contributed by atoms with Crippen molar-refractivity contribution < 1.29 is 4.79 Å². The molecule has 0 aliphatic heterocycles. The van der Waals surface area contributed by atoms with Gasteiger partial charge >= 0.3 is 0 Å². The van der Waals surface area contributed by atoms with Crippen molar-refractivity contribution >= 4 is 22.8 Å². The molecule has 2 nitrogen and oxygen atoms in total. The number of carbonyl (C=O) groups is 1. The number of nitrogens with zero attached hydrogens (tertiary/aromatic N) is 1. The molecule has 0 spiro atoms. The summed E-state index contributed by atoms with van der Waals surface area (Å²) in [5.74, 6) is 5.46. The molecule has 0 amide bonds. The van der Waals surface area contributed by atoms with Crippen molar-refractivity contribution in [1.29, 1.82) is 0 Å². The number of benzene rings is 4. The van der Waals surface area contributed by atoms with Crippen molar-refractivity contribution in [3.8, 4) is 11.8 Å². The van der Waals surface area contributed by atoms with Gasteiger partial charge in [0.15, 0.2) is 0 Å². The van der Waals surface area contributed by atoms with Gasteiger partial charge in [-0.2, -0.15) is 0 Å². The van der Waals surface area contributed by atoms with Crippen LogP contribution in [0.2, 0.25) is 0 Å². The number of rotatable bonds is 4. The van der Waals surface area contributed by atoms with Gasteiger partial charge in [-0.05, 0) is 66.6 Å². The van der Waals surface area contributed by atoms with Crippen LogP contribution in [0.1, 0.15) is 15.9 Å². The summed E-state index contributed by atoms with van der Waals surface area (Å²) >= 11 is 0. The Bertz CT molecular complexity index is 1100. The maximum Gasteiger partial charge on any atom is 0.236 e. The second-order valence-corrected chi connectivity index (χ2v) is 6.50. The summed E-state index contributed by atoms with van der Waals surface area (Å²) in [7, 11) is 0. The predicted octanol–water partition coefficient (Wildman–Crippen LogP) is 6.39. The first-order chi connectivity index (χ1) is 14.3. The molecule has 0 radical (unpaired) electrons. The van der Waals surface area contributed by atoms with Crippen LogP contribution >= 0.6 is 0 Å². The zero-order valence-corrected chi connectivity index (χ0v) is 15.8. The van der Waals surface area contributed by atoms with Gasteiger partial charge in [-0.1, -0.05) is 60.5 Å². The third-order valence-electron chi connectivity index (χ3n) is 4.51. The standard InChI is InChI=1S/C27H19NO/c29-27(21-16-22-10-4-1-5-11-22)23-17-19-26(20-18-23)28(24-12-6-2-7-13-24)25-14-8-3-9-15-25/h1-15,17-20H. The van der Waals surface area contributed by atoms with Crippen LogP contribution in [0.3, 0.4) is 0 Å². The number of anilines is 3. The molecule has 0 bridgehead atoms. The normalized spacial score (nSPS) is 9.93. The summed E-state index contributed by atoms with van der Waals surface area (Å²) < 4.78 is 0. The van der Waals surface area contributed by atoms with E-state index in [9.17, 15) is 4.79 Å². The molecule has 0 atom stereocenters. The molecule has 0 N–H and O–H groups in total. The quantitative estimate of drug-likeness (QED) is 0.305. The highest BCUT2D eigenvalue weighted by Crippen LogP contribution is 2.33. The summed E-state index contributed by atoms with van der Waals surface area (Å²) in [6, 6.07) is 37.4. The summed E-state index contributed by atoms with van der Waals surface area (Å²) in [5, 5.41) is 0. The van der Waals surface area contributed by atoms with Crippen LogP contribution in [0.25, 0.3) is 0 Å². The molecule has 0 aliphatic rings. The van der Waals surface area contributed by atoms with Gasteiger partial charge in [0.25, 0.3) is 0 Å². The smallest absolute Gasteiger partial charge is 0.236 e. The molecule has 0 saturated heterocycles. The van der Waals surface area contributed by atoms with E-state index in [1.54, 1.807) is 0 Å². The van der Waals surface area contributed by atoms with Crippen molar-refractivity contribution in [2.45, 2.75) is 0 Å². The fraction of sp³-hybridized carbons (Fsp3) is 0. The summed E-state index contributed by atoms with van der Waals surface area (Å²) in [5.41, 5.74) is 4.51. The molecule has 0 fully saturated rings. The molecule has 4 rings (SSSR count). The Morgan fingerprint density at radius 1 is 0.552 bits per heavy atom. The Labute approximate surface area is 171 Å². The van der Waals surface area contributed by atoms with Gasteiger partial charge in [0, 0.05) is 28.2 Å². The number of carbonyl (C=O) groups excluding carboxylic acids is 1. The van der Waals surface area contributed by atoms with E-state index in [0.29, 0.717) is 5.56 Å². The van der Waals surface area contributed by atoms with E-state index in [4.69, 9.17) is 0 Å². The lowest BCUT2D eigenvalue weighted by Gasteiger charge is -2.25. The SMILES string of the molecule is O=C(C#Cc1ccccc1)c1ccc(N(c2ccccc2)c2ccccc2)cc1. The van der Waals surface area contributed by atoms with Gasteiger partial charge in [-0.3, -0.25) is 4.79 Å². The van der Waals surface area contributed by atoms with Crippen LogP contribution in [0.5, 0.6) is 0 Å². The first-order valence-corrected chi connectivity index (χ1v) is 9.43. The van der Waals surface area contributed by atoms with Gasteiger partial charge in [0.05, 0.1) is 0 Å². The van der Waals surface area contributed by atoms with Crippen molar-refractivity contribution in [2.24, 2.45) is 0 Å². The molecule has 0 unspecified atom stereocenters. The Balaban J connectivity index is 1.63. The lowest BCUT2D eigenvalue weighted by Crippen LogP contribution is -2.09. The maximum absolute atomic E-state index is 12.5. The Morgan fingerprint density at radius 3 is 1.52 bits per heavy atom. The minimum absolute atomic E-state index is 0.189. The summed E-state index contributed by atoms with van der Waals surface area (Å²) in [4.78, 5) is 14.6. The molecular formula is C27H19NO. The van der Waals surface area contributed by atoms with Gasteiger partial charge in [0.1, 0.15) is 0 Å². The largest absolute Gasteiger partial charge is 0.311 e. The van der Waals surface area contributed by atoms with Crippen molar-refractivity contribution in [1.82, 2.24) is 0 Å². The van der Waals surface area contributed by atoms with E-state index in [1.165, 1.54) is 0 Å². The Morgan fingerprint density at radius 2 is 1.00 bits per heavy atom. The number of ketones is 1. The number of hydrogen-bond donors (Lipinski definition) is 0. The van der Waals surface area contributed by atoms with E-state index in [1.807, 2.05) is 91.0 Å². The Hall–Kier alpha value is -4.09. The minimum atomic E-state index is -0.189. The zero-order chi connectivity index (χ0) is 19.9. The fourth-order valence-electron chi connectivity index (χ4n) is 3.09. The fourth-order valence-corrected chi connectivity index (χ4v) is 3.09. The first-order valence-electron chi connectivity index (χ1n) is 9.43. The van der Waals surface area contributed by atoms with Crippen molar-refractivity contribution in [3.05, 3.63) is 126 Å². The van der Waals surface area contributed by atoms with Gasteiger partial charge in [-0.25, -0.2) is 0 Å². The first kappa shape index (κ1) is 18.3. The number of Topliss-reactive ketones (excluding diaryl/α,β-unsaturated/α-hetero) is 1. The highest BCUT2D eigenvalue weighted by Gasteiger charge is 2.12. The molecular weight excluding hydrogens is 354 g/mol. The molecule has 4 aromatic rings. The van der Waals surface area contributed by atoms with Gasteiger partial charge in [-0.15, -0.1) is 0 Å². The molecule has 0 heterocycles. The molecule has 4 aromatic carbocycles. The van der Waals surface area contributed by atoms with Crippen LogP contribution in [0.4, 0.5) is 17.1 Å². The molecule has 0 saturated carbocycles. The Kier molecular flexibility index (Phi) is 5.50. The van der Waals surface area contributed by atoms with Crippen LogP contribution in [-0.4, -0.2) is 5.78 Å². The van der Waals surface area contributed by atoms with E-state index < -0.39 is 0 Å². The molecule has 138 valence electrons. The van der Waals surface area contributed by atoms with Crippen molar-refractivity contribution in [3.63, 3.8) is 0 Å². The highest BCUT2D eigenvalue weighted by atomic mass is 16.1. The molecule has 0 aromatic heterocycles. The van der Waals surface area contributed by atoms with Crippen LogP contribution in [0.15, 0.2) is 115 Å². The van der Waals surface area contributed by atoms with E-state index in [2.05, 4.69) is 41.0 Å². The summed E-state index contributed by atoms with van der Waals surface area (Å²) in [6.07, 6.45) is 0. The van der Waals surface area contributed by atoms with E-state index >= 15 is 0 Å². The third kappa shape index (κ3) is 4.43. The van der Waals surface area contributed by atoms with E-state index in [0.717, 1.165) is 22.6 Å². The van der Waals surface area contributed by atoms with E-state index in [-0.39, 0.29) is 5.78 Å². The van der Waals surface area contributed by atoms with Crippen molar-refractivity contribution in [2.75, 3.05) is 4.90 Å². The second-order valence-electron chi connectivity index (χ2n) is 6.50. The third-order valence-corrected chi connectivity index (χ3v) is 4.51. The van der Waals surface area contributed by atoms with Crippen LogP contribution < -0.4 is 4.90 Å². The number of hydrogen-bond acceptors (Lipinski definition) is 2. The number of para-hydroxylation sites is 2. The average Bonchev–Trinajstić information content (AvgIpc) is 2.80. The highest BCUT2D eigenvalue weighted by molar-refractivity contribution is 6.09. The molecule has 2 heteroatoms. The maximum atomic E-state index is 12.5. The monoisotopic (exact) mass is 373 g/mol. The summed E-state index contributed by atoms with van der Waals surface area (Å²) in [6.45, 7) is 0. The lowest BCUT2D eigenvalue weighted by molar-refractivity contribution is 0.105. The lowest BCUT2D eigenvalue weighted by atomic mass is 10.1. The minimum Gasteiger partial charge on any atom is -0.311 e. The topological polar surface area (TPSA) is 20.3 Å². The second kappa shape index (κ2) is 8.73. The van der Waals surface area contributed by atoms with Gasteiger partial charge in [0.2, 0.25) is 5.78 Å². The van der Waals surface area contributed by atoms with Crippen LogP contribution in [-0.2, 0) is 0 Å². The zero-order valence-electron chi connectivity index (χ0n) is 15.8.